The van der Waals surface area contributed by atoms with Crippen molar-refractivity contribution >= 4 is 0 Å². The number of benzene rings is 1. The topological polar surface area (TPSA) is 75.6 Å². The van der Waals surface area contributed by atoms with E-state index in [9.17, 15) is 5.11 Å². The monoisotopic (exact) mass is 825 g/mol. The lowest BCUT2D eigenvalue weighted by Gasteiger charge is -2.26. The SMILES string of the molecule is CCCCCCC#CCCCCCC[C@H]1OC(C)(C)O[C@H]1[C@@H](CC)OCc1ccc(OC)cc1.CCCCCCC#CCCCCCC[C@H]1OC(C)(C)O[C@H]1[C@H](O)CC. The Bertz CT molecular complexity index is 1300. The van der Waals surface area contributed by atoms with E-state index in [2.05, 4.69) is 56.6 Å². The molecule has 0 aromatic heterocycles. The second-order valence-electron chi connectivity index (χ2n) is 17.6. The van der Waals surface area contributed by atoms with E-state index in [0.717, 1.165) is 69.1 Å². The van der Waals surface area contributed by atoms with Crippen LogP contribution in [0, 0.1) is 23.7 Å². The lowest BCUT2D eigenvalue weighted by atomic mass is 9.99. The van der Waals surface area contributed by atoms with Crippen molar-refractivity contribution in [3.63, 3.8) is 0 Å². The van der Waals surface area contributed by atoms with Crippen LogP contribution in [0.3, 0.4) is 0 Å². The van der Waals surface area contributed by atoms with Gasteiger partial charge < -0.3 is 33.5 Å². The van der Waals surface area contributed by atoms with Gasteiger partial charge in [0.1, 0.15) is 18.0 Å². The van der Waals surface area contributed by atoms with Crippen molar-refractivity contribution in [3.05, 3.63) is 29.8 Å². The van der Waals surface area contributed by atoms with E-state index in [1.54, 1.807) is 7.11 Å². The fourth-order valence-corrected chi connectivity index (χ4v) is 7.88. The Labute approximate surface area is 363 Å². The zero-order valence-corrected chi connectivity index (χ0v) is 39.3. The van der Waals surface area contributed by atoms with Crippen LogP contribution in [-0.4, -0.2) is 60.4 Å². The molecule has 0 amide bonds. The van der Waals surface area contributed by atoms with Crippen molar-refractivity contribution in [1.82, 2.24) is 0 Å². The molecule has 0 unspecified atom stereocenters. The maximum absolute atomic E-state index is 10.1. The van der Waals surface area contributed by atoms with Gasteiger partial charge in [0.05, 0.1) is 38.1 Å². The average molecular weight is 825 g/mol. The van der Waals surface area contributed by atoms with Crippen molar-refractivity contribution in [3.8, 4) is 29.4 Å². The summed E-state index contributed by atoms with van der Waals surface area (Å²) in [7, 11) is 1.68. The normalized spacial score (nSPS) is 21.4. The first kappa shape index (κ1) is 53.0. The van der Waals surface area contributed by atoms with Gasteiger partial charge in [-0.3, -0.25) is 0 Å². The standard InChI is InChI=1S/C30H48O4.C22H40O3/c1-6-8-9-10-11-12-13-14-15-16-17-18-19-28-29(34-30(3,4)33-28)27(7-2)32-24-25-20-22-26(31-5)23-21-25;1-5-7-8-9-10-11-12-13-14-15-16-17-18-20-21(19(23)6-2)25-22(3,4)24-20/h20-23,27-29H,6-11,14-19,24H2,1-5H3;19-21,23H,5-10,13-18H2,1-4H3/t27-,28-,29+;19-,20-,21+/m11/s1. The molecule has 3 rings (SSSR count). The quantitative estimate of drug-likeness (QED) is 0.0666. The number of unbranched alkanes of at least 4 members (excludes halogenated alkanes) is 16. The summed E-state index contributed by atoms with van der Waals surface area (Å²) in [6, 6.07) is 8.05. The largest absolute Gasteiger partial charge is 0.497 e. The van der Waals surface area contributed by atoms with Crippen LogP contribution in [0.2, 0.25) is 0 Å². The fourth-order valence-electron chi connectivity index (χ4n) is 7.88. The molecule has 1 N–H and O–H groups in total. The molecule has 0 saturated carbocycles. The van der Waals surface area contributed by atoms with Gasteiger partial charge in [0.25, 0.3) is 0 Å². The third-order valence-corrected chi connectivity index (χ3v) is 11.3. The van der Waals surface area contributed by atoms with E-state index in [1.165, 1.54) is 89.9 Å². The zero-order chi connectivity index (χ0) is 43.2. The number of methoxy groups -OCH3 is 1. The smallest absolute Gasteiger partial charge is 0.163 e. The molecule has 7 nitrogen and oxygen atoms in total. The van der Waals surface area contributed by atoms with Gasteiger partial charge in [-0.15, -0.1) is 23.7 Å². The third-order valence-electron chi connectivity index (χ3n) is 11.3. The van der Waals surface area contributed by atoms with E-state index in [1.807, 2.05) is 46.8 Å². The molecule has 6 atom stereocenters. The van der Waals surface area contributed by atoms with Crippen LogP contribution in [0.25, 0.3) is 0 Å². The Morgan fingerprint density at radius 2 is 0.983 bits per heavy atom. The van der Waals surface area contributed by atoms with Crippen molar-refractivity contribution in [1.29, 1.82) is 0 Å². The molecule has 2 aliphatic rings. The summed E-state index contributed by atoms with van der Waals surface area (Å²) in [5, 5.41) is 10.1. The number of aliphatic hydroxyl groups excluding tert-OH is 1. The van der Waals surface area contributed by atoms with Gasteiger partial charge in [-0.2, -0.15) is 0 Å². The first-order valence-electron chi connectivity index (χ1n) is 24.0. The highest BCUT2D eigenvalue weighted by Crippen LogP contribution is 2.35. The van der Waals surface area contributed by atoms with Gasteiger partial charge in [0.2, 0.25) is 0 Å². The van der Waals surface area contributed by atoms with Crippen LogP contribution in [0.1, 0.15) is 215 Å². The van der Waals surface area contributed by atoms with Gasteiger partial charge in [-0.25, -0.2) is 0 Å². The molecule has 2 fully saturated rings. The molecule has 1 aromatic rings. The molecule has 1 aromatic carbocycles. The zero-order valence-electron chi connectivity index (χ0n) is 39.3. The minimum absolute atomic E-state index is 0.0153. The molecule has 2 aliphatic heterocycles. The van der Waals surface area contributed by atoms with E-state index >= 15 is 0 Å². The van der Waals surface area contributed by atoms with Crippen molar-refractivity contribution in [2.45, 2.75) is 264 Å². The number of hydrogen-bond donors (Lipinski definition) is 1. The predicted octanol–water partition coefficient (Wildman–Crippen LogP) is 13.4. The summed E-state index contributed by atoms with van der Waals surface area (Å²) in [5.41, 5.74) is 1.14. The first-order chi connectivity index (χ1) is 28.5. The second-order valence-corrected chi connectivity index (χ2v) is 17.6. The van der Waals surface area contributed by atoms with Gasteiger partial charge in [-0.1, -0.05) is 117 Å². The minimum atomic E-state index is -0.571. The molecule has 0 bridgehead atoms. The number of rotatable bonds is 28. The lowest BCUT2D eigenvalue weighted by molar-refractivity contribution is -0.161. The molecule has 0 aliphatic carbocycles. The molecule has 2 heterocycles. The van der Waals surface area contributed by atoms with E-state index < -0.39 is 17.7 Å². The first-order valence-corrected chi connectivity index (χ1v) is 24.0. The van der Waals surface area contributed by atoms with Gasteiger partial charge in [0, 0.05) is 25.7 Å². The maximum Gasteiger partial charge on any atom is 0.163 e. The number of hydrogen-bond acceptors (Lipinski definition) is 7. The Morgan fingerprint density at radius 1 is 0.559 bits per heavy atom. The van der Waals surface area contributed by atoms with Gasteiger partial charge >= 0.3 is 0 Å². The number of ether oxygens (including phenoxy) is 6. The third kappa shape index (κ3) is 23.6. The maximum atomic E-state index is 10.1. The van der Waals surface area contributed by atoms with Crippen molar-refractivity contribution < 1.29 is 33.5 Å². The summed E-state index contributed by atoms with van der Waals surface area (Å²) in [6.45, 7) is 17.1. The van der Waals surface area contributed by atoms with Crippen LogP contribution in [0.5, 0.6) is 5.75 Å². The average Bonchev–Trinajstić information content (AvgIpc) is 3.71. The molecule has 59 heavy (non-hydrogen) atoms. The lowest BCUT2D eigenvalue weighted by Crippen LogP contribution is -2.37. The highest BCUT2D eigenvalue weighted by atomic mass is 16.8. The molecule has 7 heteroatoms. The summed E-state index contributed by atoms with van der Waals surface area (Å²) < 4.78 is 36.0. The van der Waals surface area contributed by atoms with E-state index in [-0.39, 0.29) is 30.5 Å². The van der Waals surface area contributed by atoms with E-state index in [4.69, 9.17) is 28.4 Å². The van der Waals surface area contributed by atoms with Crippen LogP contribution in [-0.2, 0) is 30.3 Å². The number of aliphatic hydroxyl groups is 1. The second kappa shape index (κ2) is 31.7. The highest BCUT2D eigenvalue weighted by Gasteiger charge is 2.45. The van der Waals surface area contributed by atoms with Crippen molar-refractivity contribution in [2.75, 3.05) is 7.11 Å². The highest BCUT2D eigenvalue weighted by molar-refractivity contribution is 5.26. The van der Waals surface area contributed by atoms with Gasteiger partial charge in [0.15, 0.2) is 11.6 Å². The Balaban J connectivity index is 0.000000427. The molecule has 0 spiro atoms. The predicted molar refractivity (Wildman–Crippen MR) is 244 cm³/mol. The van der Waals surface area contributed by atoms with Crippen LogP contribution >= 0.6 is 0 Å². The van der Waals surface area contributed by atoms with E-state index in [0.29, 0.717) is 13.0 Å². The molecular weight excluding hydrogens is 737 g/mol. The van der Waals surface area contributed by atoms with Gasteiger partial charge in [-0.05, 0) is 96.8 Å². The fraction of sp³-hybridized carbons (Fsp3) is 0.808. The summed E-state index contributed by atoms with van der Waals surface area (Å²) >= 11 is 0. The van der Waals surface area contributed by atoms with Crippen LogP contribution in [0.4, 0.5) is 0 Å². The minimum Gasteiger partial charge on any atom is -0.497 e. The van der Waals surface area contributed by atoms with Crippen molar-refractivity contribution in [2.24, 2.45) is 0 Å². The Kier molecular flexibility index (Phi) is 28.5. The Hall–Kier alpha value is -2.10. The van der Waals surface area contributed by atoms with Crippen LogP contribution < -0.4 is 4.74 Å². The summed E-state index contributed by atoms with van der Waals surface area (Å²) in [6.07, 6.45) is 27.2. The molecule has 0 radical (unpaired) electrons. The molecule has 338 valence electrons. The molecular formula is C52H88O7. The summed E-state index contributed by atoms with van der Waals surface area (Å²) in [4.78, 5) is 0. The summed E-state index contributed by atoms with van der Waals surface area (Å²) in [5.74, 6) is 13.0. The Morgan fingerprint density at radius 3 is 1.41 bits per heavy atom. The molecule has 2 saturated heterocycles. The van der Waals surface area contributed by atoms with Crippen LogP contribution in [0.15, 0.2) is 24.3 Å².